The molecule has 1 aliphatic carbocycles. The van der Waals surface area contributed by atoms with Gasteiger partial charge < -0.3 is 9.47 Å². The molecular weight excluding hydrogens is 328 g/mol. The molecule has 0 N–H and O–H groups in total. The Bertz CT molecular complexity index is 614. The lowest BCUT2D eigenvalue weighted by Crippen LogP contribution is -2.08. The molecule has 0 radical (unpaired) electrons. The summed E-state index contributed by atoms with van der Waals surface area (Å²) in [6, 6.07) is 14.9. The zero-order chi connectivity index (χ0) is 14.8. The Morgan fingerprint density at radius 3 is 2.14 bits per heavy atom. The molecule has 1 atom stereocenters. The lowest BCUT2D eigenvalue weighted by molar-refractivity contribution is 0.354. The monoisotopic (exact) mass is 346 g/mol. The van der Waals surface area contributed by atoms with E-state index in [9.17, 15) is 0 Å². The Labute approximate surface area is 134 Å². The van der Waals surface area contributed by atoms with E-state index < -0.39 is 0 Å². The molecule has 2 nitrogen and oxygen atoms in total. The van der Waals surface area contributed by atoms with Crippen LogP contribution in [0.15, 0.2) is 42.5 Å². The second-order valence-electron chi connectivity index (χ2n) is 5.45. The molecular formula is C18H19BrO2. The lowest BCUT2D eigenvalue weighted by Gasteiger charge is -2.19. The van der Waals surface area contributed by atoms with E-state index in [0.717, 1.165) is 24.3 Å². The number of methoxy groups -OCH3 is 2. The predicted molar refractivity (Wildman–Crippen MR) is 88.6 cm³/mol. The molecule has 3 heteroatoms. The Hall–Kier alpha value is -1.48. The number of alkyl halides is 1. The van der Waals surface area contributed by atoms with Crippen LogP contribution in [0.5, 0.6) is 11.5 Å². The molecule has 0 saturated carbocycles. The number of fused-ring (bicyclic) bond motifs is 1. The molecule has 0 spiro atoms. The maximum Gasteiger partial charge on any atom is 0.161 e. The van der Waals surface area contributed by atoms with E-state index in [1.165, 1.54) is 16.7 Å². The Kier molecular flexibility index (Phi) is 4.20. The van der Waals surface area contributed by atoms with Crippen LogP contribution in [0.1, 0.15) is 21.5 Å². The maximum atomic E-state index is 5.41. The Morgan fingerprint density at radius 1 is 0.952 bits per heavy atom. The summed E-state index contributed by atoms with van der Waals surface area (Å²) in [7, 11) is 3.34. The van der Waals surface area contributed by atoms with Gasteiger partial charge in [-0.05, 0) is 47.6 Å². The molecule has 0 fully saturated rings. The highest BCUT2D eigenvalue weighted by Crippen LogP contribution is 2.42. The van der Waals surface area contributed by atoms with Crippen molar-refractivity contribution in [3.8, 4) is 11.5 Å². The van der Waals surface area contributed by atoms with E-state index in [2.05, 4.69) is 52.3 Å². The van der Waals surface area contributed by atoms with E-state index in [1.807, 2.05) is 6.07 Å². The first-order valence-corrected chi connectivity index (χ1v) is 8.07. The summed E-state index contributed by atoms with van der Waals surface area (Å²) in [5.74, 6) is 2.14. The fourth-order valence-electron chi connectivity index (χ4n) is 3.10. The third kappa shape index (κ3) is 2.80. The summed E-state index contributed by atoms with van der Waals surface area (Å²) in [6.45, 7) is 0. The minimum absolute atomic E-state index is 0.324. The second kappa shape index (κ2) is 6.10. The van der Waals surface area contributed by atoms with Crippen LogP contribution >= 0.6 is 15.9 Å². The largest absolute Gasteiger partial charge is 0.493 e. The van der Waals surface area contributed by atoms with Crippen molar-refractivity contribution in [2.24, 2.45) is 5.92 Å². The van der Waals surface area contributed by atoms with Gasteiger partial charge >= 0.3 is 0 Å². The van der Waals surface area contributed by atoms with Crippen molar-refractivity contribution < 1.29 is 9.47 Å². The number of hydrogen-bond acceptors (Lipinski definition) is 2. The summed E-state index contributed by atoms with van der Waals surface area (Å²) >= 11 is 3.89. The summed E-state index contributed by atoms with van der Waals surface area (Å²) in [4.78, 5) is 0.324. The molecule has 2 aromatic carbocycles. The van der Waals surface area contributed by atoms with E-state index >= 15 is 0 Å². The predicted octanol–water partition coefficient (Wildman–Crippen LogP) is 4.55. The van der Waals surface area contributed by atoms with Gasteiger partial charge in [0.2, 0.25) is 0 Å². The number of rotatable bonds is 4. The SMILES string of the molecule is COc1ccc(C(Br)C2Cc3ccccc3C2)cc1OC. The number of hydrogen-bond donors (Lipinski definition) is 0. The zero-order valence-corrected chi connectivity index (χ0v) is 13.9. The summed E-state index contributed by atoms with van der Waals surface area (Å²) in [5.41, 5.74) is 4.20. The van der Waals surface area contributed by atoms with Crippen molar-refractivity contribution in [1.82, 2.24) is 0 Å². The van der Waals surface area contributed by atoms with E-state index in [0.29, 0.717) is 10.7 Å². The molecule has 1 unspecified atom stereocenters. The summed E-state index contributed by atoms with van der Waals surface area (Å²) in [6.07, 6.45) is 2.25. The minimum atomic E-state index is 0.324. The molecule has 21 heavy (non-hydrogen) atoms. The fourth-order valence-corrected chi connectivity index (χ4v) is 3.75. The highest BCUT2D eigenvalue weighted by atomic mass is 79.9. The molecule has 1 aliphatic rings. The molecule has 2 aromatic rings. The molecule has 110 valence electrons. The van der Waals surface area contributed by atoms with Crippen LogP contribution in [0, 0.1) is 5.92 Å². The van der Waals surface area contributed by atoms with Crippen LogP contribution in [0.25, 0.3) is 0 Å². The first kappa shape index (κ1) is 14.5. The van der Waals surface area contributed by atoms with Crippen LogP contribution in [0.2, 0.25) is 0 Å². The second-order valence-corrected chi connectivity index (χ2v) is 6.44. The van der Waals surface area contributed by atoms with E-state index in [-0.39, 0.29) is 0 Å². The third-order valence-electron chi connectivity index (χ3n) is 4.22. The van der Waals surface area contributed by atoms with Gasteiger partial charge in [0.15, 0.2) is 11.5 Å². The topological polar surface area (TPSA) is 18.5 Å². The molecule has 0 aliphatic heterocycles. The van der Waals surface area contributed by atoms with Crippen molar-refractivity contribution >= 4 is 15.9 Å². The number of benzene rings is 2. The molecule has 0 heterocycles. The summed E-state index contributed by atoms with van der Waals surface area (Å²) in [5, 5.41) is 0. The quantitative estimate of drug-likeness (QED) is 0.755. The van der Waals surface area contributed by atoms with Gasteiger partial charge in [0.25, 0.3) is 0 Å². The van der Waals surface area contributed by atoms with Gasteiger partial charge in [0, 0.05) is 4.83 Å². The summed E-state index contributed by atoms with van der Waals surface area (Å²) < 4.78 is 10.7. The number of ether oxygens (including phenoxy) is 2. The molecule has 3 rings (SSSR count). The van der Waals surface area contributed by atoms with Gasteiger partial charge in [-0.3, -0.25) is 0 Å². The normalized spacial score (nSPS) is 15.6. The van der Waals surface area contributed by atoms with Gasteiger partial charge in [0.05, 0.1) is 14.2 Å². The van der Waals surface area contributed by atoms with Gasteiger partial charge in [0.1, 0.15) is 0 Å². The standard InChI is InChI=1S/C18H19BrO2/c1-20-16-8-7-14(11-17(16)21-2)18(19)15-9-12-5-3-4-6-13(12)10-15/h3-8,11,15,18H,9-10H2,1-2H3. The maximum absolute atomic E-state index is 5.41. The zero-order valence-electron chi connectivity index (χ0n) is 12.3. The molecule has 0 bridgehead atoms. The van der Waals surface area contributed by atoms with Crippen LogP contribution in [-0.4, -0.2) is 14.2 Å². The van der Waals surface area contributed by atoms with Crippen molar-refractivity contribution in [2.45, 2.75) is 17.7 Å². The smallest absolute Gasteiger partial charge is 0.161 e. The first-order valence-electron chi connectivity index (χ1n) is 7.15. The van der Waals surface area contributed by atoms with Crippen molar-refractivity contribution in [3.05, 3.63) is 59.2 Å². The molecule has 0 amide bonds. The molecule has 0 aromatic heterocycles. The lowest BCUT2D eigenvalue weighted by atomic mass is 9.96. The number of halogens is 1. The van der Waals surface area contributed by atoms with Crippen LogP contribution in [-0.2, 0) is 12.8 Å². The van der Waals surface area contributed by atoms with Crippen molar-refractivity contribution in [3.63, 3.8) is 0 Å². The van der Waals surface area contributed by atoms with E-state index in [4.69, 9.17) is 9.47 Å². The first-order chi connectivity index (χ1) is 10.2. The third-order valence-corrected chi connectivity index (χ3v) is 5.50. The highest BCUT2D eigenvalue weighted by Gasteiger charge is 2.28. The van der Waals surface area contributed by atoms with Gasteiger partial charge in [-0.2, -0.15) is 0 Å². The van der Waals surface area contributed by atoms with Gasteiger partial charge in [-0.25, -0.2) is 0 Å². The van der Waals surface area contributed by atoms with Crippen LogP contribution in [0.3, 0.4) is 0 Å². The van der Waals surface area contributed by atoms with Gasteiger partial charge in [-0.15, -0.1) is 0 Å². The highest BCUT2D eigenvalue weighted by molar-refractivity contribution is 9.09. The van der Waals surface area contributed by atoms with E-state index in [1.54, 1.807) is 14.2 Å². The Balaban J connectivity index is 1.82. The van der Waals surface area contributed by atoms with Crippen molar-refractivity contribution in [1.29, 1.82) is 0 Å². The Morgan fingerprint density at radius 2 is 1.57 bits per heavy atom. The molecule has 0 saturated heterocycles. The van der Waals surface area contributed by atoms with Gasteiger partial charge in [-0.1, -0.05) is 46.3 Å². The average molecular weight is 347 g/mol. The minimum Gasteiger partial charge on any atom is -0.493 e. The van der Waals surface area contributed by atoms with Crippen LogP contribution in [0.4, 0.5) is 0 Å². The fraction of sp³-hybridized carbons (Fsp3) is 0.333. The van der Waals surface area contributed by atoms with Crippen molar-refractivity contribution in [2.75, 3.05) is 14.2 Å². The average Bonchev–Trinajstić information content (AvgIpc) is 2.97. The van der Waals surface area contributed by atoms with Crippen LogP contribution < -0.4 is 9.47 Å².